The SMILES string of the molecule is C=C(C)CCC(=O)c1cc2cc(C)ccc2o1. The van der Waals surface area contributed by atoms with Crippen molar-refractivity contribution < 1.29 is 9.21 Å². The number of carbonyl (C=O) groups is 1. The molecule has 0 aliphatic heterocycles. The van der Waals surface area contributed by atoms with Crippen LogP contribution in [0.4, 0.5) is 0 Å². The predicted molar refractivity (Wildman–Crippen MR) is 69.3 cm³/mol. The molecule has 0 saturated heterocycles. The number of ketones is 1. The van der Waals surface area contributed by atoms with Crippen LogP contribution in [0.2, 0.25) is 0 Å². The fourth-order valence-corrected chi connectivity index (χ4v) is 1.75. The number of carbonyl (C=O) groups excluding carboxylic acids is 1. The van der Waals surface area contributed by atoms with Gasteiger partial charge in [-0.05, 0) is 38.5 Å². The van der Waals surface area contributed by atoms with Gasteiger partial charge in [-0.2, -0.15) is 0 Å². The van der Waals surface area contributed by atoms with Crippen molar-refractivity contribution in [1.29, 1.82) is 0 Å². The number of furan rings is 1. The lowest BCUT2D eigenvalue weighted by atomic mass is 10.1. The Morgan fingerprint density at radius 2 is 2.06 bits per heavy atom. The minimum Gasteiger partial charge on any atom is -0.453 e. The second-order valence-electron chi connectivity index (χ2n) is 4.53. The second kappa shape index (κ2) is 4.58. The van der Waals surface area contributed by atoms with Crippen molar-refractivity contribution in [2.45, 2.75) is 26.7 Å². The fourth-order valence-electron chi connectivity index (χ4n) is 1.75. The molecule has 2 nitrogen and oxygen atoms in total. The average Bonchev–Trinajstić information content (AvgIpc) is 2.68. The summed E-state index contributed by atoms with van der Waals surface area (Å²) in [7, 11) is 0. The molecule has 0 bridgehead atoms. The Morgan fingerprint density at radius 3 is 2.76 bits per heavy atom. The number of hydrogen-bond acceptors (Lipinski definition) is 2. The predicted octanol–water partition coefficient (Wildman–Crippen LogP) is 4.28. The summed E-state index contributed by atoms with van der Waals surface area (Å²) in [6, 6.07) is 7.73. The Bertz CT molecular complexity index is 576. The minimum atomic E-state index is 0.0434. The van der Waals surface area contributed by atoms with Crippen LogP contribution in [0.25, 0.3) is 11.0 Å². The van der Waals surface area contributed by atoms with Crippen LogP contribution in [0.1, 0.15) is 35.9 Å². The van der Waals surface area contributed by atoms with Crippen LogP contribution in [-0.4, -0.2) is 5.78 Å². The third kappa shape index (κ3) is 2.64. The number of fused-ring (bicyclic) bond motifs is 1. The van der Waals surface area contributed by atoms with Gasteiger partial charge in [0, 0.05) is 11.8 Å². The summed E-state index contributed by atoms with van der Waals surface area (Å²) in [5.74, 6) is 0.494. The highest BCUT2D eigenvalue weighted by molar-refractivity contribution is 5.97. The third-order valence-corrected chi connectivity index (χ3v) is 2.73. The first-order valence-electron chi connectivity index (χ1n) is 5.74. The summed E-state index contributed by atoms with van der Waals surface area (Å²) >= 11 is 0. The van der Waals surface area contributed by atoms with Crippen LogP contribution in [-0.2, 0) is 0 Å². The van der Waals surface area contributed by atoms with Gasteiger partial charge >= 0.3 is 0 Å². The number of benzene rings is 1. The molecule has 0 N–H and O–H groups in total. The van der Waals surface area contributed by atoms with Crippen LogP contribution >= 0.6 is 0 Å². The summed E-state index contributed by atoms with van der Waals surface area (Å²) in [5, 5.41) is 0.990. The van der Waals surface area contributed by atoms with Gasteiger partial charge in [0.05, 0.1) is 0 Å². The van der Waals surface area contributed by atoms with E-state index < -0.39 is 0 Å². The lowest BCUT2D eigenvalue weighted by Gasteiger charge is -1.96. The topological polar surface area (TPSA) is 30.2 Å². The molecule has 0 amide bonds. The van der Waals surface area contributed by atoms with Crippen molar-refractivity contribution in [3.8, 4) is 0 Å². The molecule has 1 heterocycles. The van der Waals surface area contributed by atoms with Crippen molar-refractivity contribution in [2.75, 3.05) is 0 Å². The Balaban J connectivity index is 2.24. The van der Waals surface area contributed by atoms with Crippen LogP contribution in [0.15, 0.2) is 40.8 Å². The van der Waals surface area contributed by atoms with Gasteiger partial charge in [0.1, 0.15) is 5.58 Å². The Hall–Kier alpha value is -1.83. The van der Waals surface area contributed by atoms with Gasteiger partial charge in [0.15, 0.2) is 11.5 Å². The lowest BCUT2D eigenvalue weighted by Crippen LogP contribution is -1.96. The molecule has 0 spiro atoms. The van der Waals surface area contributed by atoms with Crippen LogP contribution in [0.3, 0.4) is 0 Å². The molecule has 1 aromatic carbocycles. The standard InChI is InChI=1S/C15H16O2/c1-10(2)4-6-13(16)15-9-12-8-11(3)5-7-14(12)17-15/h5,7-9H,1,4,6H2,2-3H3. The van der Waals surface area contributed by atoms with Crippen LogP contribution in [0.5, 0.6) is 0 Å². The highest BCUT2D eigenvalue weighted by atomic mass is 16.3. The van der Waals surface area contributed by atoms with Crippen molar-refractivity contribution in [1.82, 2.24) is 0 Å². The molecule has 0 saturated carbocycles. The maximum absolute atomic E-state index is 11.9. The van der Waals surface area contributed by atoms with Crippen molar-refractivity contribution in [3.63, 3.8) is 0 Å². The van der Waals surface area contributed by atoms with Gasteiger partial charge in [-0.15, -0.1) is 6.58 Å². The Labute approximate surface area is 101 Å². The number of rotatable bonds is 4. The van der Waals surface area contributed by atoms with Crippen molar-refractivity contribution >= 4 is 16.8 Å². The molecule has 0 aliphatic rings. The van der Waals surface area contributed by atoms with E-state index in [-0.39, 0.29) is 5.78 Å². The zero-order valence-electron chi connectivity index (χ0n) is 10.2. The second-order valence-corrected chi connectivity index (χ2v) is 4.53. The van der Waals surface area contributed by atoms with Gasteiger partial charge in [-0.1, -0.05) is 17.2 Å². The molecule has 88 valence electrons. The smallest absolute Gasteiger partial charge is 0.198 e. The maximum atomic E-state index is 11.9. The van der Waals surface area contributed by atoms with E-state index >= 15 is 0 Å². The van der Waals surface area contributed by atoms with E-state index in [1.54, 1.807) is 0 Å². The number of hydrogen-bond donors (Lipinski definition) is 0. The number of aryl methyl sites for hydroxylation is 1. The summed E-state index contributed by atoms with van der Waals surface area (Å²) in [6.07, 6.45) is 1.18. The van der Waals surface area contributed by atoms with Gasteiger partial charge in [0.2, 0.25) is 0 Å². The first kappa shape index (κ1) is 11.6. The summed E-state index contributed by atoms with van der Waals surface area (Å²) in [6.45, 7) is 7.74. The third-order valence-electron chi connectivity index (χ3n) is 2.73. The van der Waals surface area contributed by atoms with Crippen molar-refractivity contribution in [2.24, 2.45) is 0 Å². The number of Topliss-reactive ketones (excluding diaryl/α,β-unsaturated/α-hetero) is 1. The minimum absolute atomic E-state index is 0.0434. The molecule has 0 atom stereocenters. The number of allylic oxidation sites excluding steroid dienone is 1. The van der Waals surface area contributed by atoms with E-state index in [9.17, 15) is 4.79 Å². The lowest BCUT2D eigenvalue weighted by molar-refractivity contribution is 0.0958. The zero-order chi connectivity index (χ0) is 12.4. The Morgan fingerprint density at radius 1 is 1.29 bits per heavy atom. The molecular formula is C15H16O2. The van der Waals surface area contributed by atoms with E-state index in [1.165, 1.54) is 5.56 Å². The monoisotopic (exact) mass is 228 g/mol. The molecule has 2 heteroatoms. The summed E-state index contributed by atoms with van der Waals surface area (Å²) in [4.78, 5) is 11.9. The quantitative estimate of drug-likeness (QED) is 0.577. The van der Waals surface area contributed by atoms with E-state index in [1.807, 2.05) is 38.1 Å². The highest BCUT2D eigenvalue weighted by Crippen LogP contribution is 2.22. The average molecular weight is 228 g/mol. The summed E-state index contributed by atoms with van der Waals surface area (Å²) < 4.78 is 5.54. The molecule has 1 aromatic heterocycles. The molecule has 2 rings (SSSR count). The molecule has 17 heavy (non-hydrogen) atoms. The molecule has 2 aromatic rings. The molecule has 0 fully saturated rings. The fraction of sp³-hybridized carbons (Fsp3) is 0.267. The van der Waals surface area contributed by atoms with Gasteiger partial charge in [-0.3, -0.25) is 4.79 Å². The van der Waals surface area contributed by atoms with E-state index in [0.29, 0.717) is 12.2 Å². The Kier molecular flexibility index (Phi) is 3.14. The molecular weight excluding hydrogens is 212 g/mol. The molecule has 0 radical (unpaired) electrons. The summed E-state index contributed by atoms with van der Waals surface area (Å²) in [5.41, 5.74) is 2.96. The zero-order valence-corrected chi connectivity index (χ0v) is 10.2. The van der Waals surface area contributed by atoms with Crippen molar-refractivity contribution in [3.05, 3.63) is 47.7 Å². The molecule has 0 unspecified atom stereocenters. The first-order valence-corrected chi connectivity index (χ1v) is 5.74. The van der Waals surface area contributed by atoms with E-state index in [0.717, 1.165) is 23.0 Å². The van der Waals surface area contributed by atoms with E-state index in [4.69, 9.17) is 4.42 Å². The van der Waals surface area contributed by atoms with Gasteiger partial charge in [0.25, 0.3) is 0 Å². The maximum Gasteiger partial charge on any atom is 0.198 e. The van der Waals surface area contributed by atoms with Crippen LogP contribution < -0.4 is 0 Å². The van der Waals surface area contributed by atoms with Gasteiger partial charge in [-0.25, -0.2) is 0 Å². The van der Waals surface area contributed by atoms with E-state index in [2.05, 4.69) is 6.58 Å². The normalized spacial score (nSPS) is 10.7. The van der Waals surface area contributed by atoms with Gasteiger partial charge < -0.3 is 4.42 Å². The van der Waals surface area contributed by atoms with Crippen LogP contribution in [0, 0.1) is 6.92 Å². The largest absolute Gasteiger partial charge is 0.453 e. The first-order chi connectivity index (χ1) is 8.06. The molecule has 0 aliphatic carbocycles. The highest BCUT2D eigenvalue weighted by Gasteiger charge is 2.11.